The first-order chi connectivity index (χ1) is 11.2. The van der Waals surface area contributed by atoms with Crippen molar-refractivity contribution >= 4 is 17.8 Å². The number of anilines is 1. The molecule has 0 radical (unpaired) electrons. The molecule has 0 saturated carbocycles. The number of likely N-dealkylation sites (tertiary alicyclic amines) is 1. The lowest BCUT2D eigenvalue weighted by atomic mass is 10.2. The molecule has 1 aliphatic heterocycles. The molecule has 24 heavy (non-hydrogen) atoms. The Bertz CT molecular complexity index is 610. The molecule has 0 bridgehead atoms. The maximum absolute atomic E-state index is 12.4. The Morgan fingerprint density at radius 3 is 2.71 bits per heavy atom. The second-order valence-corrected chi connectivity index (χ2v) is 7.28. The SMILES string of the molecule is CC(C)C(=O)Nc1ccnc(C2CCCN2C(=O)OC(C)(C)C)n1. The van der Waals surface area contributed by atoms with Gasteiger partial charge >= 0.3 is 6.09 Å². The number of rotatable bonds is 3. The number of aromatic nitrogens is 2. The van der Waals surface area contributed by atoms with Gasteiger partial charge in [0.05, 0.1) is 6.04 Å². The maximum atomic E-state index is 12.4. The first-order valence-corrected chi connectivity index (χ1v) is 8.31. The number of amides is 2. The van der Waals surface area contributed by atoms with Crippen molar-refractivity contribution in [3.05, 3.63) is 18.1 Å². The summed E-state index contributed by atoms with van der Waals surface area (Å²) in [6.45, 7) is 9.78. The Hall–Kier alpha value is -2.18. The first-order valence-electron chi connectivity index (χ1n) is 8.31. The zero-order chi connectivity index (χ0) is 17.9. The van der Waals surface area contributed by atoms with Gasteiger partial charge in [0.2, 0.25) is 5.91 Å². The van der Waals surface area contributed by atoms with Crippen LogP contribution < -0.4 is 5.32 Å². The zero-order valence-electron chi connectivity index (χ0n) is 15.0. The van der Waals surface area contributed by atoms with Crippen molar-refractivity contribution in [3.63, 3.8) is 0 Å². The van der Waals surface area contributed by atoms with Crippen molar-refractivity contribution in [3.8, 4) is 0 Å². The van der Waals surface area contributed by atoms with Crippen LogP contribution in [-0.2, 0) is 9.53 Å². The minimum Gasteiger partial charge on any atom is -0.444 e. The largest absolute Gasteiger partial charge is 0.444 e. The fourth-order valence-electron chi connectivity index (χ4n) is 2.45. The van der Waals surface area contributed by atoms with Crippen LogP contribution >= 0.6 is 0 Å². The summed E-state index contributed by atoms with van der Waals surface area (Å²) >= 11 is 0. The van der Waals surface area contributed by atoms with E-state index >= 15 is 0 Å². The normalized spacial score (nSPS) is 17.9. The van der Waals surface area contributed by atoms with E-state index in [1.165, 1.54) is 0 Å². The van der Waals surface area contributed by atoms with E-state index in [0.717, 1.165) is 12.8 Å². The molecule has 0 spiro atoms. The summed E-state index contributed by atoms with van der Waals surface area (Å²) in [5.41, 5.74) is -0.543. The van der Waals surface area contributed by atoms with E-state index in [1.807, 2.05) is 34.6 Å². The molecular formula is C17H26N4O3. The number of hydrogen-bond acceptors (Lipinski definition) is 5. The van der Waals surface area contributed by atoms with Crippen molar-refractivity contribution in [2.45, 2.75) is 59.1 Å². The van der Waals surface area contributed by atoms with Crippen LogP contribution in [0.2, 0.25) is 0 Å². The highest BCUT2D eigenvalue weighted by molar-refractivity contribution is 5.91. The second-order valence-electron chi connectivity index (χ2n) is 7.28. The van der Waals surface area contributed by atoms with E-state index in [9.17, 15) is 9.59 Å². The quantitative estimate of drug-likeness (QED) is 0.918. The second kappa shape index (κ2) is 7.15. The van der Waals surface area contributed by atoms with Crippen molar-refractivity contribution in [1.82, 2.24) is 14.9 Å². The molecule has 1 fully saturated rings. The minimum atomic E-state index is -0.543. The molecule has 1 atom stereocenters. The smallest absolute Gasteiger partial charge is 0.410 e. The average Bonchev–Trinajstić information content (AvgIpc) is 2.95. The van der Waals surface area contributed by atoms with Gasteiger partial charge in [0.15, 0.2) is 5.82 Å². The van der Waals surface area contributed by atoms with Gasteiger partial charge in [0, 0.05) is 18.7 Å². The highest BCUT2D eigenvalue weighted by Gasteiger charge is 2.34. The van der Waals surface area contributed by atoms with Crippen LogP contribution in [0.1, 0.15) is 59.3 Å². The van der Waals surface area contributed by atoms with Crippen LogP contribution in [0.4, 0.5) is 10.6 Å². The molecule has 2 rings (SSSR count). The molecule has 1 aromatic heterocycles. The van der Waals surface area contributed by atoms with Crippen molar-refractivity contribution in [2.24, 2.45) is 5.92 Å². The van der Waals surface area contributed by atoms with Gasteiger partial charge in [-0.2, -0.15) is 0 Å². The lowest BCUT2D eigenvalue weighted by Gasteiger charge is -2.28. The summed E-state index contributed by atoms with van der Waals surface area (Å²) in [7, 11) is 0. The van der Waals surface area contributed by atoms with E-state index in [4.69, 9.17) is 4.74 Å². The van der Waals surface area contributed by atoms with E-state index in [2.05, 4.69) is 15.3 Å². The van der Waals surface area contributed by atoms with E-state index < -0.39 is 5.60 Å². The fourth-order valence-corrected chi connectivity index (χ4v) is 2.45. The van der Waals surface area contributed by atoms with Gasteiger partial charge in [-0.3, -0.25) is 9.69 Å². The highest BCUT2D eigenvalue weighted by Crippen LogP contribution is 2.31. The van der Waals surface area contributed by atoms with Crippen LogP contribution in [0.5, 0.6) is 0 Å². The predicted octanol–water partition coefficient (Wildman–Crippen LogP) is 3.14. The molecule has 2 amide bonds. The molecule has 132 valence electrons. The highest BCUT2D eigenvalue weighted by atomic mass is 16.6. The first kappa shape index (κ1) is 18.2. The molecule has 7 nitrogen and oxygen atoms in total. The van der Waals surface area contributed by atoms with E-state index in [0.29, 0.717) is 18.2 Å². The number of hydrogen-bond donors (Lipinski definition) is 1. The van der Waals surface area contributed by atoms with Gasteiger partial charge in [0.1, 0.15) is 11.4 Å². The number of nitrogens with one attached hydrogen (secondary N) is 1. The van der Waals surface area contributed by atoms with E-state index in [-0.39, 0.29) is 24.0 Å². The summed E-state index contributed by atoms with van der Waals surface area (Å²) < 4.78 is 5.46. The third-order valence-corrected chi connectivity index (χ3v) is 3.63. The average molecular weight is 334 g/mol. The van der Waals surface area contributed by atoms with Crippen molar-refractivity contribution in [2.75, 3.05) is 11.9 Å². The maximum Gasteiger partial charge on any atom is 0.410 e. The van der Waals surface area contributed by atoms with Crippen molar-refractivity contribution < 1.29 is 14.3 Å². The van der Waals surface area contributed by atoms with Gasteiger partial charge in [-0.1, -0.05) is 13.8 Å². The lowest BCUT2D eigenvalue weighted by molar-refractivity contribution is -0.118. The number of carbonyl (C=O) groups excluding carboxylic acids is 2. The summed E-state index contributed by atoms with van der Waals surface area (Å²) in [5, 5.41) is 2.76. The number of ether oxygens (including phenoxy) is 1. The predicted molar refractivity (Wildman–Crippen MR) is 90.4 cm³/mol. The Morgan fingerprint density at radius 2 is 2.08 bits per heavy atom. The van der Waals surface area contributed by atoms with Gasteiger partial charge < -0.3 is 10.1 Å². The van der Waals surface area contributed by atoms with Crippen molar-refractivity contribution in [1.29, 1.82) is 0 Å². The fraction of sp³-hybridized carbons (Fsp3) is 0.647. The topological polar surface area (TPSA) is 84.4 Å². The van der Waals surface area contributed by atoms with Gasteiger partial charge in [-0.05, 0) is 39.7 Å². The summed E-state index contributed by atoms with van der Waals surface area (Å²) in [5.74, 6) is 0.748. The van der Waals surface area contributed by atoms with Crippen LogP contribution in [0.3, 0.4) is 0 Å². The Kier molecular flexibility index (Phi) is 5.41. The molecule has 1 aromatic rings. The molecule has 2 heterocycles. The molecule has 7 heteroatoms. The molecule has 1 saturated heterocycles. The Labute approximate surface area is 142 Å². The minimum absolute atomic E-state index is 0.102. The van der Waals surface area contributed by atoms with Crippen LogP contribution in [0, 0.1) is 5.92 Å². The Morgan fingerprint density at radius 1 is 1.38 bits per heavy atom. The molecule has 0 aliphatic carbocycles. The molecule has 1 unspecified atom stereocenters. The zero-order valence-corrected chi connectivity index (χ0v) is 15.0. The van der Waals surface area contributed by atoms with Gasteiger partial charge in [-0.15, -0.1) is 0 Å². The third kappa shape index (κ3) is 4.66. The number of carbonyl (C=O) groups is 2. The number of nitrogens with zero attached hydrogens (tertiary/aromatic N) is 3. The molecular weight excluding hydrogens is 308 g/mol. The summed E-state index contributed by atoms with van der Waals surface area (Å²) in [6.07, 6.45) is 2.89. The van der Waals surface area contributed by atoms with Gasteiger partial charge in [0.25, 0.3) is 0 Å². The third-order valence-electron chi connectivity index (χ3n) is 3.63. The standard InChI is InChI=1S/C17H26N4O3/c1-11(2)15(22)20-13-8-9-18-14(19-13)12-7-6-10-21(12)16(23)24-17(3,4)5/h8-9,11-12H,6-7,10H2,1-5H3,(H,18,19,20,22). The van der Waals surface area contributed by atoms with Crippen LogP contribution in [-0.4, -0.2) is 39.0 Å². The van der Waals surface area contributed by atoms with Gasteiger partial charge in [-0.25, -0.2) is 14.8 Å². The van der Waals surface area contributed by atoms with Crippen LogP contribution in [0.25, 0.3) is 0 Å². The molecule has 0 aromatic carbocycles. The monoisotopic (exact) mass is 334 g/mol. The van der Waals surface area contributed by atoms with E-state index in [1.54, 1.807) is 17.2 Å². The van der Waals surface area contributed by atoms with Crippen LogP contribution in [0.15, 0.2) is 12.3 Å². The molecule has 1 aliphatic rings. The Balaban J connectivity index is 2.15. The summed E-state index contributed by atoms with van der Waals surface area (Å²) in [4.78, 5) is 34.6. The lowest BCUT2D eigenvalue weighted by Crippen LogP contribution is -2.37. The molecule has 1 N–H and O–H groups in total. The summed E-state index contributed by atoms with van der Waals surface area (Å²) in [6, 6.07) is 1.42.